The number of hydrogen-bond acceptors (Lipinski definition) is 3. The van der Waals surface area contributed by atoms with Gasteiger partial charge in [0, 0.05) is 12.5 Å². The van der Waals surface area contributed by atoms with Crippen molar-refractivity contribution in [2.24, 2.45) is 0 Å². The molecule has 3 rings (SSSR count). The minimum atomic E-state index is -0.622. The normalized spacial score (nSPS) is 15.9. The highest BCUT2D eigenvalue weighted by Crippen LogP contribution is 2.39. The molecule has 130 valence electrons. The predicted octanol–water partition coefficient (Wildman–Crippen LogP) is 2.91. The number of nitrogens with one attached hydrogen (secondary N) is 1. The van der Waals surface area contributed by atoms with Crippen LogP contribution < -0.4 is 15.0 Å². The lowest BCUT2D eigenvalue weighted by atomic mass is 10.0. The molecule has 2 amide bonds. The van der Waals surface area contributed by atoms with Gasteiger partial charge in [0.05, 0.1) is 12.2 Å². The molecule has 2 aromatic carbocycles. The van der Waals surface area contributed by atoms with Gasteiger partial charge < -0.3 is 15.0 Å². The van der Waals surface area contributed by atoms with Gasteiger partial charge in [-0.15, -0.1) is 0 Å². The smallest absolute Gasteiger partial charge is 0.254 e. The first-order chi connectivity index (χ1) is 12.0. The van der Waals surface area contributed by atoms with E-state index in [1.165, 1.54) is 6.92 Å². The van der Waals surface area contributed by atoms with Crippen molar-refractivity contribution in [3.8, 4) is 5.75 Å². The van der Waals surface area contributed by atoms with Crippen LogP contribution in [0.2, 0.25) is 0 Å². The molecule has 0 saturated carbocycles. The quantitative estimate of drug-likeness (QED) is 0.912. The van der Waals surface area contributed by atoms with Gasteiger partial charge >= 0.3 is 0 Å². The minimum Gasteiger partial charge on any atom is -0.492 e. The maximum Gasteiger partial charge on any atom is 0.254 e. The molecular formula is C20H22N2O3. The van der Waals surface area contributed by atoms with E-state index in [-0.39, 0.29) is 11.8 Å². The summed E-state index contributed by atoms with van der Waals surface area (Å²) in [6, 6.07) is 12.9. The average Bonchev–Trinajstić information content (AvgIpc) is 2.81. The maximum absolute atomic E-state index is 12.9. The Bertz CT molecular complexity index is 802. The molecule has 0 aromatic heterocycles. The second-order valence-corrected chi connectivity index (χ2v) is 6.30. The Kier molecular flexibility index (Phi) is 4.74. The maximum atomic E-state index is 12.9. The van der Waals surface area contributed by atoms with Gasteiger partial charge in [0.1, 0.15) is 18.4 Å². The summed E-state index contributed by atoms with van der Waals surface area (Å²) in [4.78, 5) is 26.1. The van der Waals surface area contributed by atoms with E-state index in [0.29, 0.717) is 13.2 Å². The highest BCUT2D eigenvalue weighted by Gasteiger charge is 2.38. The van der Waals surface area contributed by atoms with Gasteiger partial charge in [0.15, 0.2) is 0 Å². The number of amides is 2. The van der Waals surface area contributed by atoms with Crippen molar-refractivity contribution in [3.63, 3.8) is 0 Å². The van der Waals surface area contributed by atoms with Crippen LogP contribution in [0, 0.1) is 13.8 Å². The third-order valence-corrected chi connectivity index (χ3v) is 4.24. The molecule has 1 heterocycles. The number of ether oxygens (including phenoxy) is 1. The van der Waals surface area contributed by atoms with Crippen molar-refractivity contribution in [2.45, 2.75) is 26.8 Å². The fraction of sp³-hybridized carbons (Fsp3) is 0.300. The van der Waals surface area contributed by atoms with Crippen LogP contribution in [0.5, 0.6) is 5.75 Å². The van der Waals surface area contributed by atoms with E-state index < -0.39 is 6.04 Å². The summed E-state index contributed by atoms with van der Waals surface area (Å²) < 4.78 is 5.73. The fourth-order valence-corrected chi connectivity index (χ4v) is 3.32. The van der Waals surface area contributed by atoms with E-state index in [1.54, 1.807) is 4.90 Å². The second kappa shape index (κ2) is 6.97. The molecule has 1 aliphatic heterocycles. The molecule has 0 unspecified atom stereocenters. The van der Waals surface area contributed by atoms with E-state index in [4.69, 9.17) is 4.74 Å². The second-order valence-electron chi connectivity index (χ2n) is 6.30. The summed E-state index contributed by atoms with van der Waals surface area (Å²) in [6.07, 6.45) is 0. The summed E-state index contributed by atoms with van der Waals surface area (Å²) in [6.45, 7) is 6.22. The summed E-state index contributed by atoms with van der Waals surface area (Å²) in [5.41, 5.74) is 3.83. The largest absolute Gasteiger partial charge is 0.492 e. The molecule has 0 radical (unpaired) electrons. The fourth-order valence-electron chi connectivity index (χ4n) is 3.32. The summed E-state index contributed by atoms with van der Waals surface area (Å²) >= 11 is 0. The van der Waals surface area contributed by atoms with Gasteiger partial charge in [-0.05, 0) is 31.5 Å². The van der Waals surface area contributed by atoms with Crippen LogP contribution in [-0.2, 0) is 9.59 Å². The first-order valence-corrected chi connectivity index (χ1v) is 8.35. The average molecular weight is 338 g/mol. The molecule has 0 bridgehead atoms. The zero-order valence-corrected chi connectivity index (χ0v) is 14.7. The number of fused-ring (bicyclic) bond motifs is 1. The number of aryl methyl sites for hydroxylation is 2. The summed E-state index contributed by atoms with van der Waals surface area (Å²) in [5, 5.41) is 2.77. The molecule has 1 N–H and O–H groups in total. The number of carbonyl (C=O) groups is 2. The zero-order valence-electron chi connectivity index (χ0n) is 14.7. The van der Waals surface area contributed by atoms with E-state index in [9.17, 15) is 9.59 Å². The number of nitrogens with zero attached hydrogens (tertiary/aromatic N) is 1. The Morgan fingerprint density at radius 3 is 2.60 bits per heavy atom. The number of rotatable bonds is 5. The van der Waals surface area contributed by atoms with E-state index >= 15 is 0 Å². The highest BCUT2D eigenvalue weighted by molar-refractivity contribution is 6.07. The van der Waals surface area contributed by atoms with Crippen LogP contribution in [0.3, 0.4) is 0 Å². The van der Waals surface area contributed by atoms with Crippen molar-refractivity contribution in [1.29, 1.82) is 0 Å². The SMILES string of the molecule is CC(=O)N[C@@H]1C(=O)N(CCOc2ccccc2)c2c(C)cc(C)cc21. The molecule has 5 nitrogen and oxygen atoms in total. The third kappa shape index (κ3) is 3.50. The van der Waals surface area contributed by atoms with Crippen molar-refractivity contribution in [1.82, 2.24) is 5.32 Å². The predicted molar refractivity (Wildman–Crippen MR) is 96.8 cm³/mol. The van der Waals surface area contributed by atoms with Gasteiger partial charge in [-0.2, -0.15) is 0 Å². The monoisotopic (exact) mass is 338 g/mol. The molecule has 0 aliphatic carbocycles. The molecule has 5 heteroatoms. The van der Waals surface area contributed by atoms with Gasteiger partial charge in [-0.1, -0.05) is 35.9 Å². The number of hydrogen-bond donors (Lipinski definition) is 1. The number of benzene rings is 2. The lowest BCUT2D eigenvalue weighted by Crippen LogP contribution is -2.38. The summed E-state index contributed by atoms with van der Waals surface area (Å²) in [5.74, 6) is 0.440. The van der Waals surface area contributed by atoms with Gasteiger partial charge in [0.2, 0.25) is 5.91 Å². The van der Waals surface area contributed by atoms with Crippen LogP contribution in [0.4, 0.5) is 5.69 Å². The van der Waals surface area contributed by atoms with Crippen molar-refractivity contribution < 1.29 is 14.3 Å². The molecule has 2 aromatic rings. The van der Waals surface area contributed by atoms with Crippen molar-refractivity contribution >= 4 is 17.5 Å². The van der Waals surface area contributed by atoms with Crippen LogP contribution in [0.1, 0.15) is 29.7 Å². The topological polar surface area (TPSA) is 58.6 Å². The minimum absolute atomic E-state index is 0.115. The molecule has 1 aliphatic rings. The zero-order chi connectivity index (χ0) is 18.0. The number of carbonyl (C=O) groups excluding carboxylic acids is 2. The van der Waals surface area contributed by atoms with Crippen LogP contribution in [-0.4, -0.2) is 25.0 Å². The molecular weight excluding hydrogens is 316 g/mol. The van der Waals surface area contributed by atoms with Gasteiger partial charge in [0.25, 0.3) is 5.91 Å². The molecule has 1 atom stereocenters. The standard InChI is InChI=1S/C20H22N2O3/c1-13-11-14(2)19-17(12-13)18(21-15(3)23)20(24)22(19)9-10-25-16-7-5-4-6-8-16/h4-8,11-12,18H,9-10H2,1-3H3,(H,21,23)/t18-/m0/s1. The lowest BCUT2D eigenvalue weighted by Gasteiger charge is -2.20. The van der Waals surface area contributed by atoms with Crippen molar-refractivity contribution in [2.75, 3.05) is 18.1 Å². The lowest BCUT2D eigenvalue weighted by molar-refractivity contribution is -0.126. The van der Waals surface area contributed by atoms with Crippen LogP contribution >= 0.6 is 0 Å². The van der Waals surface area contributed by atoms with Crippen molar-refractivity contribution in [3.05, 3.63) is 59.2 Å². The van der Waals surface area contributed by atoms with Gasteiger partial charge in [-0.3, -0.25) is 9.59 Å². The molecule has 0 spiro atoms. The molecule has 25 heavy (non-hydrogen) atoms. The van der Waals surface area contributed by atoms with E-state index in [0.717, 1.165) is 28.1 Å². The van der Waals surface area contributed by atoms with E-state index in [1.807, 2.05) is 56.3 Å². The summed E-state index contributed by atoms with van der Waals surface area (Å²) in [7, 11) is 0. The Labute approximate surface area is 147 Å². The van der Waals surface area contributed by atoms with Crippen LogP contribution in [0.15, 0.2) is 42.5 Å². The Morgan fingerprint density at radius 1 is 1.20 bits per heavy atom. The Hall–Kier alpha value is -2.82. The Balaban J connectivity index is 1.82. The van der Waals surface area contributed by atoms with Gasteiger partial charge in [-0.25, -0.2) is 0 Å². The van der Waals surface area contributed by atoms with E-state index in [2.05, 4.69) is 5.32 Å². The first kappa shape index (κ1) is 17.0. The Morgan fingerprint density at radius 2 is 1.92 bits per heavy atom. The molecule has 0 fully saturated rings. The molecule has 0 saturated heterocycles. The number of anilines is 1. The highest BCUT2D eigenvalue weighted by atomic mass is 16.5. The third-order valence-electron chi connectivity index (χ3n) is 4.24. The number of para-hydroxylation sites is 1. The first-order valence-electron chi connectivity index (χ1n) is 8.35. The van der Waals surface area contributed by atoms with Crippen LogP contribution in [0.25, 0.3) is 0 Å².